The van der Waals surface area contributed by atoms with E-state index in [2.05, 4.69) is 4.98 Å². The molecule has 1 amide bonds. The number of carbonyl (C=O) groups is 1. The molecule has 2 aromatic rings. The molecule has 0 aliphatic carbocycles. The Morgan fingerprint density at radius 2 is 1.88 bits per heavy atom. The molecule has 0 atom stereocenters. The first-order valence-electron chi connectivity index (χ1n) is 7.66. The Hall–Kier alpha value is -2.13. The van der Waals surface area contributed by atoms with Gasteiger partial charge < -0.3 is 14.9 Å². The summed E-state index contributed by atoms with van der Waals surface area (Å²) in [6.07, 6.45) is -2.97. The Bertz CT molecular complexity index is 755. The van der Waals surface area contributed by atoms with E-state index in [1.165, 1.54) is 34.4 Å². The van der Waals surface area contributed by atoms with Gasteiger partial charge in [0.05, 0.1) is 22.6 Å². The first-order valence-corrected chi connectivity index (χ1v) is 8.48. The van der Waals surface area contributed by atoms with Crippen molar-refractivity contribution in [1.82, 2.24) is 9.88 Å². The van der Waals surface area contributed by atoms with Crippen molar-refractivity contribution in [1.29, 1.82) is 0 Å². The minimum absolute atomic E-state index is 0.0790. The van der Waals surface area contributed by atoms with Gasteiger partial charge in [0.1, 0.15) is 0 Å². The van der Waals surface area contributed by atoms with Crippen LogP contribution in [0, 0.1) is 0 Å². The minimum atomic E-state index is -4.56. The van der Waals surface area contributed by atoms with Gasteiger partial charge in [0.25, 0.3) is 5.91 Å². The maximum Gasteiger partial charge on any atom is 0.417 e. The van der Waals surface area contributed by atoms with Crippen LogP contribution in [0.5, 0.6) is 0 Å². The van der Waals surface area contributed by atoms with Crippen molar-refractivity contribution in [3.63, 3.8) is 0 Å². The average molecular weight is 371 g/mol. The van der Waals surface area contributed by atoms with Gasteiger partial charge in [-0.2, -0.15) is 13.2 Å². The summed E-state index contributed by atoms with van der Waals surface area (Å²) in [7, 11) is 0. The fraction of sp³-hybridized carbons (Fsp3) is 0.375. The van der Waals surface area contributed by atoms with Gasteiger partial charge in [0, 0.05) is 32.4 Å². The molecule has 1 aliphatic heterocycles. The molecule has 0 saturated carbocycles. The molecule has 1 N–H and O–H groups in total. The molecule has 1 aromatic carbocycles. The lowest BCUT2D eigenvalue weighted by Gasteiger charge is -2.35. The molecule has 0 spiro atoms. The Balaban J connectivity index is 1.70. The summed E-state index contributed by atoms with van der Waals surface area (Å²) >= 11 is 1.36. The third-order valence-electron chi connectivity index (χ3n) is 4.00. The number of benzene rings is 1. The second-order valence-electron chi connectivity index (χ2n) is 5.59. The summed E-state index contributed by atoms with van der Waals surface area (Å²) in [5, 5.41) is 9.83. The molecule has 0 unspecified atom stereocenters. The first-order chi connectivity index (χ1) is 11.9. The van der Waals surface area contributed by atoms with E-state index in [0.717, 1.165) is 16.1 Å². The van der Waals surface area contributed by atoms with Crippen LogP contribution in [0.15, 0.2) is 30.5 Å². The van der Waals surface area contributed by atoms with Crippen molar-refractivity contribution < 1.29 is 23.1 Å². The zero-order valence-electron chi connectivity index (χ0n) is 13.2. The molecular weight excluding hydrogens is 355 g/mol. The number of amides is 1. The maximum atomic E-state index is 13.1. The van der Waals surface area contributed by atoms with E-state index in [9.17, 15) is 18.0 Å². The third-order valence-corrected chi connectivity index (χ3v) is 5.04. The van der Waals surface area contributed by atoms with Gasteiger partial charge in [0.2, 0.25) is 0 Å². The Kier molecular flexibility index (Phi) is 4.96. The second kappa shape index (κ2) is 7.01. The number of piperazine rings is 1. The highest BCUT2D eigenvalue weighted by Gasteiger charge is 2.36. The fourth-order valence-corrected chi connectivity index (χ4v) is 3.53. The zero-order valence-corrected chi connectivity index (χ0v) is 14.0. The summed E-state index contributed by atoms with van der Waals surface area (Å²) < 4.78 is 39.3. The monoisotopic (exact) mass is 371 g/mol. The van der Waals surface area contributed by atoms with Crippen LogP contribution >= 0.6 is 11.3 Å². The van der Waals surface area contributed by atoms with Crippen molar-refractivity contribution in [3.8, 4) is 0 Å². The predicted molar refractivity (Wildman–Crippen MR) is 87.6 cm³/mol. The highest BCUT2D eigenvalue weighted by molar-refractivity contribution is 7.15. The van der Waals surface area contributed by atoms with Crippen LogP contribution < -0.4 is 4.90 Å². The number of aliphatic hydroxyl groups is 1. The van der Waals surface area contributed by atoms with Crippen LogP contribution in [-0.2, 0) is 12.8 Å². The van der Waals surface area contributed by atoms with Gasteiger partial charge in [0.15, 0.2) is 5.13 Å². The third kappa shape index (κ3) is 3.77. The molecular formula is C16H16F3N3O2S. The van der Waals surface area contributed by atoms with Crippen LogP contribution in [0.2, 0.25) is 0 Å². The van der Waals surface area contributed by atoms with Crippen molar-refractivity contribution in [2.45, 2.75) is 12.8 Å². The molecule has 134 valence electrons. The van der Waals surface area contributed by atoms with Crippen LogP contribution in [0.25, 0.3) is 0 Å². The van der Waals surface area contributed by atoms with Gasteiger partial charge in [-0.05, 0) is 12.1 Å². The zero-order chi connectivity index (χ0) is 18.0. The number of hydrogen-bond acceptors (Lipinski definition) is 5. The number of halogens is 3. The fourth-order valence-electron chi connectivity index (χ4n) is 2.70. The number of thiazole rings is 1. The summed E-state index contributed by atoms with van der Waals surface area (Å²) in [6.45, 7) is 1.53. The Labute approximate surface area is 146 Å². The number of anilines is 1. The lowest BCUT2D eigenvalue weighted by molar-refractivity contribution is -0.138. The smallest absolute Gasteiger partial charge is 0.391 e. The van der Waals surface area contributed by atoms with E-state index in [1.807, 2.05) is 4.90 Å². The minimum Gasteiger partial charge on any atom is -0.391 e. The molecule has 0 radical (unpaired) electrons. The predicted octanol–water partition coefficient (Wildman–Crippen LogP) is 2.62. The van der Waals surface area contributed by atoms with E-state index in [-0.39, 0.29) is 12.2 Å². The number of carbonyl (C=O) groups excluding carboxylic acids is 1. The van der Waals surface area contributed by atoms with E-state index >= 15 is 0 Å². The molecule has 9 heteroatoms. The highest BCUT2D eigenvalue weighted by atomic mass is 32.1. The first kappa shape index (κ1) is 17.7. The van der Waals surface area contributed by atoms with E-state index < -0.39 is 17.6 Å². The number of rotatable bonds is 3. The molecule has 0 bridgehead atoms. The number of aromatic nitrogens is 1. The van der Waals surface area contributed by atoms with Crippen LogP contribution in [0.3, 0.4) is 0 Å². The van der Waals surface area contributed by atoms with E-state index in [4.69, 9.17) is 5.11 Å². The average Bonchev–Trinajstić information content (AvgIpc) is 3.10. The molecule has 1 saturated heterocycles. The highest BCUT2D eigenvalue weighted by Crippen LogP contribution is 2.32. The van der Waals surface area contributed by atoms with Crippen molar-refractivity contribution in [2.24, 2.45) is 0 Å². The number of aliphatic hydroxyl groups excluding tert-OH is 1. The van der Waals surface area contributed by atoms with Gasteiger partial charge >= 0.3 is 6.18 Å². The van der Waals surface area contributed by atoms with E-state index in [1.54, 1.807) is 6.20 Å². The van der Waals surface area contributed by atoms with Gasteiger partial charge in [-0.3, -0.25) is 4.79 Å². The van der Waals surface area contributed by atoms with Crippen LogP contribution in [-0.4, -0.2) is 47.1 Å². The molecule has 2 heterocycles. The lowest BCUT2D eigenvalue weighted by atomic mass is 10.1. The molecule has 5 nitrogen and oxygen atoms in total. The number of nitrogens with zero attached hydrogens (tertiary/aromatic N) is 3. The van der Waals surface area contributed by atoms with Crippen molar-refractivity contribution in [2.75, 3.05) is 31.1 Å². The molecule has 1 aromatic heterocycles. The van der Waals surface area contributed by atoms with Crippen LogP contribution in [0.1, 0.15) is 20.8 Å². The lowest BCUT2D eigenvalue weighted by Crippen LogP contribution is -2.49. The van der Waals surface area contributed by atoms with E-state index in [0.29, 0.717) is 26.2 Å². The standard InChI is InChI=1S/C16H16F3N3O2S/c17-16(18,19)13-4-2-1-3-12(13)14(24)21-5-7-22(8-6-21)15-20-9-11(10-23)25-15/h1-4,9,23H,5-8,10H2. The summed E-state index contributed by atoms with van der Waals surface area (Å²) in [5.41, 5.74) is -1.23. The maximum absolute atomic E-state index is 13.1. The molecule has 1 aliphatic rings. The van der Waals surface area contributed by atoms with Crippen molar-refractivity contribution in [3.05, 3.63) is 46.5 Å². The quantitative estimate of drug-likeness (QED) is 0.901. The summed E-state index contributed by atoms with van der Waals surface area (Å²) in [6, 6.07) is 4.85. The van der Waals surface area contributed by atoms with Crippen LogP contribution in [0.4, 0.5) is 18.3 Å². The van der Waals surface area contributed by atoms with Gasteiger partial charge in [-0.25, -0.2) is 4.98 Å². The Morgan fingerprint density at radius 1 is 1.20 bits per heavy atom. The summed E-state index contributed by atoms with van der Waals surface area (Å²) in [4.78, 5) is 20.9. The van der Waals surface area contributed by atoms with Gasteiger partial charge in [-0.1, -0.05) is 23.5 Å². The molecule has 3 rings (SSSR count). The van der Waals surface area contributed by atoms with Crippen molar-refractivity contribution >= 4 is 22.4 Å². The number of hydrogen-bond donors (Lipinski definition) is 1. The normalized spacial score (nSPS) is 15.5. The number of alkyl halides is 3. The largest absolute Gasteiger partial charge is 0.417 e. The topological polar surface area (TPSA) is 56.7 Å². The summed E-state index contributed by atoms with van der Waals surface area (Å²) in [5.74, 6) is -0.609. The molecule has 1 fully saturated rings. The molecule has 25 heavy (non-hydrogen) atoms. The second-order valence-corrected chi connectivity index (χ2v) is 6.68. The SMILES string of the molecule is O=C(c1ccccc1C(F)(F)F)N1CCN(c2ncc(CO)s2)CC1. The Morgan fingerprint density at radius 3 is 2.48 bits per heavy atom. The van der Waals surface area contributed by atoms with Gasteiger partial charge in [-0.15, -0.1) is 0 Å².